The molecule has 2 rings (SSSR count). The zero-order chi connectivity index (χ0) is 27.8. The average molecular weight is 527 g/mol. The smallest absolute Gasteiger partial charge is 0.388 e. The Morgan fingerprint density at radius 1 is 1.14 bits per heavy atom. The molecule has 0 aromatic carbocycles. The lowest BCUT2D eigenvalue weighted by Gasteiger charge is -2.12. The molecule has 1 amide bonds. The van der Waals surface area contributed by atoms with E-state index >= 15 is 0 Å². The van der Waals surface area contributed by atoms with Crippen molar-refractivity contribution in [2.75, 3.05) is 6.61 Å². The summed E-state index contributed by atoms with van der Waals surface area (Å²) in [6.07, 6.45) is 8.55. The molecule has 0 aliphatic rings. The van der Waals surface area contributed by atoms with Crippen LogP contribution in [0, 0.1) is 0 Å². The van der Waals surface area contributed by atoms with Gasteiger partial charge < -0.3 is 19.9 Å². The summed E-state index contributed by atoms with van der Waals surface area (Å²) in [4.78, 5) is 22.9. The summed E-state index contributed by atoms with van der Waals surface area (Å²) in [5.74, 6) is -0.779. The van der Waals surface area contributed by atoms with E-state index in [2.05, 4.69) is 50.2 Å². The molecule has 2 aromatic heterocycles. The first-order valence-electron chi connectivity index (χ1n) is 11.2. The molecule has 2 aromatic rings. The highest BCUT2D eigenvalue weighted by atomic mass is 19.3. The second-order valence-electron chi connectivity index (χ2n) is 7.45. The molecule has 2 N–H and O–H groups in total. The second kappa shape index (κ2) is 16.8. The van der Waals surface area contributed by atoms with Crippen LogP contribution in [0.25, 0.3) is 5.57 Å². The minimum atomic E-state index is -3.12. The van der Waals surface area contributed by atoms with Crippen LogP contribution in [0.2, 0.25) is 0 Å². The second-order valence-corrected chi connectivity index (χ2v) is 7.45. The number of nitrogens with zero attached hydrogens (tertiary/aromatic N) is 3. The zero-order valence-corrected chi connectivity index (χ0v) is 20.8. The van der Waals surface area contributed by atoms with Gasteiger partial charge in [-0.15, -0.1) is 0 Å². The number of rotatable bonds is 12. The average Bonchev–Trinajstić information content (AvgIpc) is 2.85. The van der Waals surface area contributed by atoms with Crippen molar-refractivity contribution in [1.29, 1.82) is 0 Å². The molecule has 0 saturated carbocycles. The molecule has 0 aliphatic heterocycles. The number of ether oxygens (including phenoxy) is 2. The molecule has 8 nitrogen and oxygen atoms in total. The monoisotopic (exact) mass is 526 g/mol. The number of allylic oxidation sites excluding steroid dienone is 4. The lowest BCUT2D eigenvalue weighted by atomic mass is 10.1. The number of hydrogen-bond acceptors (Lipinski definition) is 7. The number of pyridine rings is 1. The Bertz CT molecular complexity index is 1060. The summed E-state index contributed by atoms with van der Waals surface area (Å²) in [7, 11) is 0. The first-order chi connectivity index (χ1) is 17.6. The van der Waals surface area contributed by atoms with Crippen LogP contribution in [0.4, 0.5) is 17.6 Å². The number of carbonyl (C=O) groups is 1. The number of halogens is 4. The Morgan fingerprint density at radius 2 is 1.78 bits per heavy atom. The van der Waals surface area contributed by atoms with Crippen LogP contribution < -0.4 is 10.1 Å². The van der Waals surface area contributed by atoms with Gasteiger partial charge in [-0.3, -0.25) is 4.79 Å². The molecule has 0 bridgehead atoms. The first-order valence-corrected chi connectivity index (χ1v) is 11.2. The molecule has 0 unspecified atom stereocenters. The quantitative estimate of drug-likeness (QED) is 0.232. The van der Waals surface area contributed by atoms with Gasteiger partial charge in [0.15, 0.2) is 0 Å². The maximum atomic E-state index is 13.0. The molecule has 0 aliphatic carbocycles. The Morgan fingerprint density at radius 3 is 2.35 bits per heavy atom. The van der Waals surface area contributed by atoms with Crippen LogP contribution in [0.3, 0.4) is 0 Å². The molecule has 202 valence electrons. The van der Waals surface area contributed by atoms with E-state index in [4.69, 9.17) is 5.11 Å². The summed E-state index contributed by atoms with van der Waals surface area (Å²) in [6.45, 7) is 2.82. The van der Waals surface area contributed by atoms with Gasteiger partial charge in [0.1, 0.15) is 18.2 Å². The van der Waals surface area contributed by atoms with Crippen molar-refractivity contribution >= 4 is 11.5 Å². The number of alkyl halides is 4. The molecule has 2 heterocycles. The number of hydrogen-bond donors (Lipinski definition) is 2. The number of nitrogens with one attached hydrogen (secondary N) is 1. The third kappa shape index (κ3) is 12.6. The van der Waals surface area contributed by atoms with E-state index < -0.39 is 25.7 Å². The van der Waals surface area contributed by atoms with Gasteiger partial charge in [-0.1, -0.05) is 38.5 Å². The lowest BCUT2D eigenvalue weighted by molar-refractivity contribution is -0.124. The Kier molecular flexibility index (Phi) is 14.2. The summed E-state index contributed by atoms with van der Waals surface area (Å²) in [5, 5.41) is 11.1. The number of aliphatic hydroxyl groups is 1. The van der Waals surface area contributed by atoms with Gasteiger partial charge in [-0.25, -0.2) is 15.0 Å². The van der Waals surface area contributed by atoms with Gasteiger partial charge in [0.25, 0.3) is 0 Å². The molecular formula is C25H30F4N4O4. The minimum Gasteiger partial charge on any atom is -0.435 e. The fourth-order valence-corrected chi connectivity index (χ4v) is 2.60. The highest BCUT2D eigenvalue weighted by molar-refractivity contribution is 5.76. The Hall–Kier alpha value is -3.80. The normalized spacial score (nSPS) is 11.6. The van der Waals surface area contributed by atoms with Crippen molar-refractivity contribution in [2.24, 2.45) is 0 Å². The van der Waals surface area contributed by atoms with Gasteiger partial charge in [0.05, 0.1) is 6.54 Å². The molecule has 0 fully saturated rings. The first kappa shape index (κ1) is 31.2. The third-order valence-corrected chi connectivity index (χ3v) is 4.21. The SMILES string of the molecule is C=C(/C=C\C(OC(F)F)=C(/C)c1ccnc(OC(F)F)c1)Cc1cnc(CNC(=O)CO)nc1.CCC. The van der Waals surface area contributed by atoms with Gasteiger partial charge in [-0.2, -0.15) is 17.6 Å². The molecule has 37 heavy (non-hydrogen) atoms. The topological polar surface area (TPSA) is 106 Å². The van der Waals surface area contributed by atoms with E-state index in [1.165, 1.54) is 56.2 Å². The molecule has 0 atom stereocenters. The zero-order valence-electron chi connectivity index (χ0n) is 20.8. The molecule has 0 spiro atoms. The van der Waals surface area contributed by atoms with Crippen LogP contribution in [-0.4, -0.2) is 45.8 Å². The summed E-state index contributed by atoms with van der Waals surface area (Å²) >= 11 is 0. The number of aromatic nitrogens is 3. The van der Waals surface area contributed by atoms with Crippen molar-refractivity contribution in [3.8, 4) is 5.88 Å². The van der Waals surface area contributed by atoms with E-state index in [0.29, 0.717) is 28.9 Å². The van der Waals surface area contributed by atoms with Gasteiger partial charge in [0, 0.05) is 24.7 Å². The van der Waals surface area contributed by atoms with Gasteiger partial charge >= 0.3 is 13.2 Å². The number of amides is 1. The number of carbonyl (C=O) groups excluding carboxylic acids is 1. The van der Waals surface area contributed by atoms with E-state index in [9.17, 15) is 22.4 Å². The summed E-state index contributed by atoms with van der Waals surface area (Å²) in [6, 6.07) is 2.62. The van der Waals surface area contributed by atoms with Gasteiger partial charge in [-0.05, 0) is 42.2 Å². The minimum absolute atomic E-state index is 0.0536. The Labute approximate surface area is 212 Å². The number of aliphatic hydroxyl groups excluding tert-OH is 1. The largest absolute Gasteiger partial charge is 0.435 e. The third-order valence-electron chi connectivity index (χ3n) is 4.21. The summed E-state index contributed by atoms with van der Waals surface area (Å²) in [5.41, 5.74) is 1.73. The maximum absolute atomic E-state index is 13.0. The van der Waals surface area contributed by atoms with Crippen LogP contribution in [0.1, 0.15) is 44.1 Å². The van der Waals surface area contributed by atoms with Crippen molar-refractivity contribution in [3.05, 3.63) is 77.7 Å². The predicted octanol–water partition coefficient (Wildman–Crippen LogP) is 4.82. The predicted molar refractivity (Wildman–Crippen MR) is 129 cm³/mol. The Balaban J connectivity index is 0.00000217. The molecular weight excluding hydrogens is 496 g/mol. The van der Waals surface area contributed by atoms with E-state index in [1.807, 2.05) is 0 Å². The highest BCUT2D eigenvalue weighted by Crippen LogP contribution is 2.25. The van der Waals surface area contributed by atoms with E-state index in [1.54, 1.807) is 0 Å². The van der Waals surface area contributed by atoms with Crippen molar-refractivity contribution in [1.82, 2.24) is 20.3 Å². The van der Waals surface area contributed by atoms with Gasteiger partial charge in [0.2, 0.25) is 11.8 Å². The fourth-order valence-electron chi connectivity index (χ4n) is 2.60. The standard InChI is InChI=1S/C22H22F4N4O4.C3H8/c1-13(7-15-9-28-18(29-10-15)11-30-19(32)12-31)3-4-17(33-21(23)24)14(2)16-5-6-27-20(8-16)34-22(25)26;1-3-2/h3-6,8-10,21-22,31H,1,7,11-12H2,2H3,(H,30,32);3H2,1-2H3/b4-3-,17-14-;. The van der Waals surface area contributed by atoms with Crippen LogP contribution in [-0.2, 0) is 22.5 Å². The van der Waals surface area contributed by atoms with Crippen LogP contribution in [0.5, 0.6) is 5.88 Å². The van der Waals surface area contributed by atoms with Crippen molar-refractivity contribution in [3.63, 3.8) is 0 Å². The maximum Gasteiger partial charge on any atom is 0.388 e. The molecule has 0 radical (unpaired) electrons. The van der Waals surface area contributed by atoms with Crippen molar-refractivity contribution in [2.45, 2.75) is 53.4 Å². The van der Waals surface area contributed by atoms with E-state index in [-0.39, 0.29) is 23.8 Å². The lowest BCUT2D eigenvalue weighted by Crippen LogP contribution is -2.26. The highest BCUT2D eigenvalue weighted by Gasteiger charge is 2.13. The molecule has 12 heteroatoms. The van der Waals surface area contributed by atoms with E-state index in [0.717, 1.165) is 0 Å². The summed E-state index contributed by atoms with van der Waals surface area (Å²) < 4.78 is 59.6. The fraction of sp³-hybridized carbons (Fsp3) is 0.360. The van der Waals surface area contributed by atoms with Crippen LogP contribution >= 0.6 is 0 Å². The molecule has 0 saturated heterocycles. The van der Waals surface area contributed by atoms with Crippen molar-refractivity contribution < 1.29 is 36.9 Å². The van der Waals surface area contributed by atoms with Crippen LogP contribution in [0.15, 0.2) is 60.8 Å².